The Kier molecular flexibility index (Phi) is 3.76. The fraction of sp³-hybridized carbons (Fsp3) is 0.333. The lowest BCUT2D eigenvalue weighted by atomic mass is 10.2. The largest absolute Gasteiger partial charge is 0.399 e. The summed E-state index contributed by atoms with van der Waals surface area (Å²) in [4.78, 5) is 25.4. The van der Waals surface area contributed by atoms with Crippen LogP contribution in [-0.4, -0.2) is 35.7 Å². The van der Waals surface area contributed by atoms with Crippen molar-refractivity contribution in [2.75, 3.05) is 24.6 Å². The van der Waals surface area contributed by atoms with E-state index in [2.05, 4.69) is 5.32 Å². The lowest BCUT2D eigenvalue weighted by molar-refractivity contribution is -0.124. The Balaban J connectivity index is 1.97. The van der Waals surface area contributed by atoms with Crippen LogP contribution in [0.5, 0.6) is 0 Å². The minimum Gasteiger partial charge on any atom is -0.399 e. The molecule has 0 unspecified atom stereocenters. The van der Waals surface area contributed by atoms with E-state index in [1.54, 1.807) is 0 Å². The zero-order valence-corrected chi connectivity index (χ0v) is 10.9. The fourth-order valence-corrected chi connectivity index (χ4v) is 2.65. The van der Waals surface area contributed by atoms with Gasteiger partial charge in [-0.1, -0.05) is 6.07 Å². The maximum atomic E-state index is 11.8. The maximum Gasteiger partial charge on any atom is 0.324 e. The van der Waals surface area contributed by atoms with Crippen molar-refractivity contribution < 1.29 is 9.59 Å². The summed E-state index contributed by atoms with van der Waals surface area (Å²) >= 11 is 1.41. The smallest absolute Gasteiger partial charge is 0.324 e. The van der Waals surface area contributed by atoms with Gasteiger partial charge < -0.3 is 11.1 Å². The molecule has 6 heteroatoms. The van der Waals surface area contributed by atoms with Gasteiger partial charge in [0.2, 0.25) is 5.91 Å². The highest BCUT2D eigenvalue weighted by atomic mass is 32.2. The molecule has 0 saturated carbocycles. The Morgan fingerprint density at radius 3 is 3.00 bits per heavy atom. The highest BCUT2D eigenvalue weighted by molar-refractivity contribution is 8.00. The first-order chi connectivity index (χ1) is 8.58. The van der Waals surface area contributed by atoms with Crippen LogP contribution in [0, 0.1) is 6.92 Å². The third-order valence-electron chi connectivity index (χ3n) is 2.72. The second kappa shape index (κ2) is 5.30. The van der Waals surface area contributed by atoms with E-state index in [0.29, 0.717) is 18.8 Å². The van der Waals surface area contributed by atoms with Crippen molar-refractivity contribution in [2.45, 2.75) is 11.8 Å². The number of nitrogens with two attached hydrogens (primary N) is 1. The highest BCUT2D eigenvalue weighted by Gasteiger charge is 2.25. The highest BCUT2D eigenvalue weighted by Crippen LogP contribution is 2.25. The summed E-state index contributed by atoms with van der Waals surface area (Å²) in [6, 6.07) is 5.29. The number of hydrogen-bond donors (Lipinski definition) is 2. The van der Waals surface area contributed by atoms with Crippen LogP contribution in [0.1, 0.15) is 5.56 Å². The van der Waals surface area contributed by atoms with E-state index < -0.39 is 0 Å². The number of benzene rings is 1. The number of thioether (sulfide) groups is 1. The standard InChI is InChI=1S/C12H15N3O2S/c1-8-2-3-9(13)6-10(8)18-7-11(16)15-5-4-14-12(15)17/h2-3,6H,4-5,7,13H2,1H3,(H,14,17). The summed E-state index contributed by atoms with van der Waals surface area (Å²) in [5.74, 6) is 0.0781. The Hall–Kier alpha value is -1.69. The Labute approximate surface area is 110 Å². The third-order valence-corrected chi connectivity index (χ3v) is 3.86. The van der Waals surface area contributed by atoms with Gasteiger partial charge in [-0.05, 0) is 24.6 Å². The van der Waals surface area contributed by atoms with Crippen LogP contribution in [0.15, 0.2) is 23.1 Å². The summed E-state index contributed by atoms with van der Waals surface area (Å²) in [6.45, 7) is 2.95. The van der Waals surface area contributed by atoms with Crippen LogP contribution in [-0.2, 0) is 4.79 Å². The summed E-state index contributed by atoms with van der Waals surface area (Å²) in [7, 11) is 0. The molecule has 0 atom stereocenters. The zero-order valence-electron chi connectivity index (χ0n) is 10.1. The molecule has 5 nitrogen and oxygen atoms in total. The second-order valence-corrected chi connectivity index (χ2v) is 5.11. The number of imide groups is 1. The molecule has 1 aromatic rings. The average molecular weight is 265 g/mol. The lowest BCUT2D eigenvalue weighted by Gasteiger charge is -2.12. The van der Waals surface area contributed by atoms with Crippen LogP contribution in [0.25, 0.3) is 0 Å². The Bertz CT molecular complexity index is 490. The normalized spacial score (nSPS) is 14.7. The lowest BCUT2D eigenvalue weighted by Crippen LogP contribution is -2.35. The van der Waals surface area contributed by atoms with Crippen molar-refractivity contribution in [3.8, 4) is 0 Å². The molecule has 1 heterocycles. The topological polar surface area (TPSA) is 75.4 Å². The molecule has 1 aliphatic rings. The number of urea groups is 1. The second-order valence-electron chi connectivity index (χ2n) is 4.09. The van der Waals surface area contributed by atoms with Crippen LogP contribution in [0.3, 0.4) is 0 Å². The summed E-state index contributed by atoms with van der Waals surface area (Å²) in [6.07, 6.45) is 0. The van der Waals surface area contributed by atoms with Crippen LogP contribution < -0.4 is 11.1 Å². The van der Waals surface area contributed by atoms with Gasteiger partial charge in [0.05, 0.1) is 5.75 Å². The van der Waals surface area contributed by atoms with E-state index in [1.165, 1.54) is 16.7 Å². The summed E-state index contributed by atoms with van der Waals surface area (Å²) < 4.78 is 0. The molecule has 3 N–H and O–H groups in total. The summed E-state index contributed by atoms with van der Waals surface area (Å²) in [5.41, 5.74) is 7.46. The molecule has 3 amide bonds. The Morgan fingerprint density at radius 1 is 1.56 bits per heavy atom. The number of amides is 3. The van der Waals surface area contributed by atoms with E-state index in [4.69, 9.17) is 5.73 Å². The van der Waals surface area contributed by atoms with Crippen molar-refractivity contribution in [2.24, 2.45) is 0 Å². The predicted octanol–water partition coefficient (Wildman–Crippen LogP) is 1.22. The molecule has 1 fully saturated rings. The molecular formula is C12H15N3O2S. The van der Waals surface area contributed by atoms with Gasteiger partial charge in [-0.15, -0.1) is 11.8 Å². The van der Waals surface area contributed by atoms with Crippen LogP contribution in [0.4, 0.5) is 10.5 Å². The average Bonchev–Trinajstić information content (AvgIpc) is 2.76. The third kappa shape index (κ3) is 2.76. The number of nitrogens with zero attached hydrogens (tertiary/aromatic N) is 1. The number of aryl methyl sites for hydroxylation is 1. The molecule has 0 bridgehead atoms. The van der Waals surface area contributed by atoms with Gasteiger partial charge in [-0.3, -0.25) is 9.69 Å². The van der Waals surface area contributed by atoms with E-state index in [0.717, 1.165) is 10.5 Å². The molecule has 0 aliphatic carbocycles. The molecule has 1 aliphatic heterocycles. The number of hydrogen-bond acceptors (Lipinski definition) is 4. The minimum absolute atomic E-state index is 0.170. The fourth-order valence-electron chi connectivity index (χ4n) is 1.70. The van der Waals surface area contributed by atoms with Gasteiger partial charge in [-0.2, -0.15) is 0 Å². The van der Waals surface area contributed by atoms with E-state index >= 15 is 0 Å². The monoisotopic (exact) mass is 265 g/mol. The first-order valence-electron chi connectivity index (χ1n) is 5.65. The van der Waals surface area contributed by atoms with E-state index in [-0.39, 0.29) is 17.7 Å². The van der Waals surface area contributed by atoms with Gasteiger partial charge in [0.25, 0.3) is 0 Å². The molecule has 0 radical (unpaired) electrons. The number of anilines is 1. The van der Waals surface area contributed by atoms with E-state index in [9.17, 15) is 9.59 Å². The molecule has 96 valence electrons. The number of nitrogens with one attached hydrogen (secondary N) is 1. The summed E-state index contributed by atoms with van der Waals surface area (Å²) in [5, 5.41) is 2.61. The number of nitrogen functional groups attached to an aromatic ring is 1. The van der Waals surface area contributed by atoms with Crippen LogP contribution in [0.2, 0.25) is 0 Å². The Morgan fingerprint density at radius 2 is 2.33 bits per heavy atom. The molecule has 2 rings (SSSR count). The van der Waals surface area contributed by atoms with Gasteiger partial charge in [-0.25, -0.2) is 4.79 Å². The van der Waals surface area contributed by atoms with Crippen molar-refractivity contribution in [1.29, 1.82) is 0 Å². The van der Waals surface area contributed by atoms with E-state index in [1.807, 2.05) is 25.1 Å². The van der Waals surface area contributed by atoms with Crippen molar-refractivity contribution in [1.82, 2.24) is 10.2 Å². The van der Waals surface area contributed by atoms with Crippen molar-refractivity contribution in [3.05, 3.63) is 23.8 Å². The van der Waals surface area contributed by atoms with Gasteiger partial charge in [0, 0.05) is 23.7 Å². The quantitative estimate of drug-likeness (QED) is 0.636. The maximum absolute atomic E-state index is 11.8. The minimum atomic E-state index is -0.301. The number of rotatable bonds is 3. The molecule has 1 saturated heterocycles. The van der Waals surface area contributed by atoms with Gasteiger partial charge in [0.1, 0.15) is 0 Å². The van der Waals surface area contributed by atoms with Crippen molar-refractivity contribution in [3.63, 3.8) is 0 Å². The molecule has 18 heavy (non-hydrogen) atoms. The predicted molar refractivity (Wildman–Crippen MR) is 71.4 cm³/mol. The first kappa shape index (κ1) is 12.8. The number of carbonyl (C=O) groups excluding carboxylic acids is 2. The first-order valence-corrected chi connectivity index (χ1v) is 6.63. The van der Waals surface area contributed by atoms with Crippen LogP contribution >= 0.6 is 11.8 Å². The molecule has 0 spiro atoms. The molecule has 1 aromatic carbocycles. The van der Waals surface area contributed by atoms with Crippen molar-refractivity contribution >= 4 is 29.4 Å². The number of carbonyl (C=O) groups is 2. The zero-order chi connectivity index (χ0) is 13.1. The molecule has 0 aromatic heterocycles. The van der Waals surface area contributed by atoms with Gasteiger partial charge in [0.15, 0.2) is 0 Å². The van der Waals surface area contributed by atoms with Gasteiger partial charge >= 0.3 is 6.03 Å². The molecular weight excluding hydrogens is 250 g/mol. The SMILES string of the molecule is Cc1ccc(N)cc1SCC(=O)N1CCNC1=O.